The zero-order valence-electron chi connectivity index (χ0n) is 10.4. The number of hydrogen-bond acceptors (Lipinski definition) is 2. The van der Waals surface area contributed by atoms with Gasteiger partial charge in [0.1, 0.15) is 11.6 Å². The molecule has 0 bridgehead atoms. The third-order valence-electron chi connectivity index (χ3n) is 3.77. The molecule has 3 nitrogen and oxygen atoms in total. The fourth-order valence-electron chi connectivity index (χ4n) is 2.54. The van der Waals surface area contributed by atoms with E-state index in [1.807, 2.05) is 0 Å². The highest BCUT2D eigenvalue weighted by Crippen LogP contribution is 2.30. The Morgan fingerprint density at radius 3 is 2.89 bits per heavy atom. The van der Waals surface area contributed by atoms with Crippen molar-refractivity contribution in [2.24, 2.45) is 11.8 Å². The molecule has 0 aliphatic heterocycles. The Kier molecular flexibility index (Phi) is 3.84. The van der Waals surface area contributed by atoms with E-state index in [2.05, 4.69) is 12.2 Å². The first-order chi connectivity index (χ1) is 8.58. The third kappa shape index (κ3) is 2.81. The second-order valence-corrected chi connectivity index (χ2v) is 5.04. The topological polar surface area (TPSA) is 49.3 Å². The van der Waals surface area contributed by atoms with Crippen LogP contribution in [-0.4, -0.2) is 17.6 Å². The molecule has 2 unspecified atom stereocenters. The minimum atomic E-state index is -0.548. The molecule has 1 amide bonds. The highest BCUT2D eigenvalue weighted by atomic mass is 19.1. The molecule has 1 aliphatic carbocycles. The Labute approximate surface area is 106 Å². The Morgan fingerprint density at radius 2 is 2.28 bits per heavy atom. The van der Waals surface area contributed by atoms with Crippen LogP contribution in [0.15, 0.2) is 18.2 Å². The van der Waals surface area contributed by atoms with Crippen LogP contribution in [0.2, 0.25) is 0 Å². The van der Waals surface area contributed by atoms with Crippen LogP contribution >= 0.6 is 0 Å². The first kappa shape index (κ1) is 12.9. The molecular formula is C14H18FNO2. The predicted molar refractivity (Wildman–Crippen MR) is 66.9 cm³/mol. The number of aromatic hydroxyl groups is 1. The first-order valence-electron chi connectivity index (χ1n) is 6.34. The average Bonchev–Trinajstić information content (AvgIpc) is 2.72. The van der Waals surface area contributed by atoms with Crippen molar-refractivity contribution < 1.29 is 14.3 Å². The fourth-order valence-corrected chi connectivity index (χ4v) is 2.54. The number of phenolic OH excluding ortho intramolecular Hbond substituents is 1. The van der Waals surface area contributed by atoms with E-state index >= 15 is 0 Å². The molecule has 1 aromatic carbocycles. The lowest BCUT2D eigenvalue weighted by molar-refractivity contribution is 0.0942. The van der Waals surface area contributed by atoms with Gasteiger partial charge in [-0.2, -0.15) is 0 Å². The Balaban J connectivity index is 1.95. The number of carbonyl (C=O) groups is 1. The summed E-state index contributed by atoms with van der Waals surface area (Å²) in [6.45, 7) is 2.82. The Morgan fingerprint density at radius 1 is 1.50 bits per heavy atom. The van der Waals surface area contributed by atoms with Crippen molar-refractivity contribution in [3.8, 4) is 5.75 Å². The van der Waals surface area contributed by atoms with Gasteiger partial charge in [-0.05, 0) is 30.4 Å². The molecule has 98 valence electrons. The van der Waals surface area contributed by atoms with Crippen LogP contribution in [0.25, 0.3) is 0 Å². The van der Waals surface area contributed by atoms with Gasteiger partial charge in [0.2, 0.25) is 0 Å². The summed E-state index contributed by atoms with van der Waals surface area (Å²) in [6, 6.07) is 3.43. The molecule has 1 saturated carbocycles. The fraction of sp³-hybridized carbons (Fsp3) is 0.500. The van der Waals surface area contributed by atoms with Gasteiger partial charge in [0.15, 0.2) is 0 Å². The molecule has 1 fully saturated rings. The molecule has 0 heterocycles. The predicted octanol–water partition coefficient (Wildman–Crippen LogP) is 2.70. The van der Waals surface area contributed by atoms with Crippen LogP contribution in [0.1, 0.15) is 36.5 Å². The lowest BCUT2D eigenvalue weighted by Gasteiger charge is -2.16. The van der Waals surface area contributed by atoms with Crippen molar-refractivity contribution in [1.29, 1.82) is 0 Å². The van der Waals surface area contributed by atoms with Crippen molar-refractivity contribution in [3.05, 3.63) is 29.6 Å². The second kappa shape index (κ2) is 5.38. The molecule has 0 spiro atoms. The molecule has 0 saturated heterocycles. The molecule has 2 atom stereocenters. The summed E-state index contributed by atoms with van der Waals surface area (Å²) in [5, 5.41) is 12.3. The number of benzene rings is 1. The lowest BCUT2D eigenvalue weighted by Crippen LogP contribution is -2.30. The quantitative estimate of drug-likeness (QED) is 0.867. The van der Waals surface area contributed by atoms with Gasteiger partial charge in [0.25, 0.3) is 5.91 Å². The zero-order chi connectivity index (χ0) is 13.1. The number of rotatable bonds is 3. The molecule has 2 rings (SSSR count). The van der Waals surface area contributed by atoms with Gasteiger partial charge in [-0.1, -0.05) is 19.8 Å². The van der Waals surface area contributed by atoms with Crippen molar-refractivity contribution >= 4 is 5.91 Å². The summed E-state index contributed by atoms with van der Waals surface area (Å²) < 4.78 is 12.8. The molecule has 0 radical (unpaired) electrons. The number of nitrogens with one attached hydrogen (secondary N) is 1. The minimum absolute atomic E-state index is 0.127. The maximum absolute atomic E-state index is 12.8. The molecule has 4 heteroatoms. The van der Waals surface area contributed by atoms with Gasteiger partial charge in [0.05, 0.1) is 5.56 Å². The van der Waals surface area contributed by atoms with Crippen LogP contribution in [0.3, 0.4) is 0 Å². The largest absolute Gasteiger partial charge is 0.507 e. The first-order valence-corrected chi connectivity index (χ1v) is 6.34. The molecule has 1 aliphatic rings. The number of hydrogen-bond donors (Lipinski definition) is 2. The van der Waals surface area contributed by atoms with E-state index in [4.69, 9.17) is 0 Å². The smallest absolute Gasteiger partial charge is 0.255 e. The highest BCUT2D eigenvalue weighted by molar-refractivity contribution is 5.96. The maximum atomic E-state index is 12.8. The van der Waals surface area contributed by atoms with Gasteiger partial charge in [0, 0.05) is 12.6 Å². The minimum Gasteiger partial charge on any atom is -0.507 e. The summed E-state index contributed by atoms with van der Waals surface area (Å²) >= 11 is 0. The normalized spacial score (nSPS) is 23.0. The monoisotopic (exact) mass is 251 g/mol. The third-order valence-corrected chi connectivity index (χ3v) is 3.77. The van der Waals surface area contributed by atoms with E-state index in [0.717, 1.165) is 12.5 Å². The number of carbonyl (C=O) groups excluding carboxylic acids is 1. The van der Waals surface area contributed by atoms with Crippen molar-refractivity contribution in [2.75, 3.05) is 6.54 Å². The van der Waals surface area contributed by atoms with Crippen LogP contribution in [-0.2, 0) is 0 Å². The maximum Gasteiger partial charge on any atom is 0.255 e. The summed E-state index contributed by atoms with van der Waals surface area (Å²) in [5.41, 5.74) is 0.127. The van der Waals surface area contributed by atoms with Gasteiger partial charge in [-0.25, -0.2) is 4.39 Å². The number of amides is 1. The van der Waals surface area contributed by atoms with Crippen LogP contribution in [0.5, 0.6) is 5.75 Å². The molecule has 18 heavy (non-hydrogen) atoms. The van der Waals surface area contributed by atoms with Crippen molar-refractivity contribution in [1.82, 2.24) is 5.32 Å². The number of halogens is 1. The Bertz CT molecular complexity index is 447. The van der Waals surface area contributed by atoms with E-state index in [-0.39, 0.29) is 17.2 Å². The standard InChI is InChI=1S/C14H18FNO2/c1-9-3-2-4-10(9)8-16-14(18)12-6-5-11(15)7-13(12)17/h5-7,9-10,17H,2-4,8H2,1H3,(H,16,18). The molecule has 0 aromatic heterocycles. The molecule has 2 N–H and O–H groups in total. The van der Waals surface area contributed by atoms with E-state index in [1.54, 1.807) is 0 Å². The van der Waals surface area contributed by atoms with E-state index in [1.165, 1.54) is 25.0 Å². The van der Waals surface area contributed by atoms with Crippen LogP contribution in [0, 0.1) is 17.7 Å². The van der Waals surface area contributed by atoms with Crippen LogP contribution in [0.4, 0.5) is 4.39 Å². The lowest BCUT2D eigenvalue weighted by atomic mass is 9.98. The Hall–Kier alpha value is -1.58. The van der Waals surface area contributed by atoms with E-state index in [0.29, 0.717) is 18.4 Å². The van der Waals surface area contributed by atoms with Crippen LogP contribution < -0.4 is 5.32 Å². The SMILES string of the molecule is CC1CCCC1CNC(=O)c1ccc(F)cc1O. The average molecular weight is 251 g/mol. The number of phenols is 1. The summed E-state index contributed by atoms with van der Waals surface area (Å²) in [5.74, 6) is -0.0595. The van der Waals surface area contributed by atoms with Crippen molar-refractivity contribution in [3.63, 3.8) is 0 Å². The highest BCUT2D eigenvalue weighted by Gasteiger charge is 2.24. The van der Waals surface area contributed by atoms with Gasteiger partial charge >= 0.3 is 0 Å². The summed E-state index contributed by atoms with van der Waals surface area (Å²) in [4.78, 5) is 11.8. The summed E-state index contributed by atoms with van der Waals surface area (Å²) in [6.07, 6.45) is 3.56. The van der Waals surface area contributed by atoms with Crippen molar-refractivity contribution in [2.45, 2.75) is 26.2 Å². The van der Waals surface area contributed by atoms with E-state index in [9.17, 15) is 14.3 Å². The zero-order valence-corrected chi connectivity index (χ0v) is 10.4. The second-order valence-electron chi connectivity index (χ2n) is 5.04. The summed E-state index contributed by atoms with van der Waals surface area (Å²) in [7, 11) is 0. The van der Waals surface area contributed by atoms with Gasteiger partial charge < -0.3 is 10.4 Å². The van der Waals surface area contributed by atoms with Gasteiger partial charge in [-0.3, -0.25) is 4.79 Å². The molecular weight excluding hydrogens is 233 g/mol. The van der Waals surface area contributed by atoms with Gasteiger partial charge in [-0.15, -0.1) is 0 Å². The van der Waals surface area contributed by atoms with E-state index < -0.39 is 5.82 Å². The molecule has 1 aromatic rings.